The number of likely N-dealkylation sites (N-methyl/N-ethyl adjacent to an activating group) is 1. The third-order valence-electron chi connectivity index (χ3n) is 2.36. The number of hydrogen-bond acceptors (Lipinski definition) is 2. The number of Topliss-reactive ketones (excluding diaryl/α,β-unsaturated/α-hetero) is 1. The SMILES string of the molecule is CC#CC.CNC(CC1CC1)C(C)=O. The van der Waals surface area contributed by atoms with E-state index in [1.807, 2.05) is 20.9 Å². The topological polar surface area (TPSA) is 29.1 Å². The maximum atomic E-state index is 10.9. The molecule has 0 aromatic heterocycles. The molecule has 1 N–H and O–H groups in total. The molecule has 0 spiro atoms. The van der Waals surface area contributed by atoms with Crippen LogP contribution in [-0.4, -0.2) is 18.9 Å². The fourth-order valence-corrected chi connectivity index (χ4v) is 1.17. The minimum absolute atomic E-state index is 0.118. The molecule has 0 aromatic carbocycles. The van der Waals surface area contributed by atoms with E-state index in [1.165, 1.54) is 12.8 Å². The third kappa shape index (κ3) is 6.68. The molecule has 14 heavy (non-hydrogen) atoms. The number of rotatable bonds is 4. The molecule has 0 aliphatic heterocycles. The van der Waals surface area contributed by atoms with Crippen molar-refractivity contribution in [2.75, 3.05) is 7.05 Å². The second kappa shape index (κ2) is 7.58. The predicted molar refractivity (Wildman–Crippen MR) is 60.0 cm³/mol. The van der Waals surface area contributed by atoms with E-state index in [0.717, 1.165) is 12.3 Å². The van der Waals surface area contributed by atoms with E-state index in [4.69, 9.17) is 0 Å². The molecule has 0 amide bonds. The molecule has 1 rings (SSSR count). The molecule has 1 unspecified atom stereocenters. The minimum atomic E-state index is 0.118. The zero-order valence-electron chi connectivity index (χ0n) is 9.68. The highest BCUT2D eigenvalue weighted by molar-refractivity contribution is 5.81. The summed E-state index contributed by atoms with van der Waals surface area (Å²) >= 11 is 0. The first-order valence-corrected chi connectivity index (χ1v) is 5.16. The van der Waals surface area contributed by atoms with Crippen molar-refractivity contribution in [2.24, 2.45) is 5.92 Å². The Hall–Kier alpha value is -0.810. The molecule has 1 aliphatic carbocycles. The lowest BCUT2D eigenvalue weighted by molar-refractivity contribution is -0.119. The molecular formula is C12H21NO. The fraction of sp³-hybridized carbons (Fsp3) is 0.750. The van der Waals surface area contributed by atoms with Gasteiger partial charge in [-0.3, -0.25) is 4.79 Å². The maximum Gasteiger partial charge on any atom is 0.146 e. The Morgan fingerprint density at radius 1 is 1.43 bits per heavy atom. The van der Waals surface area contributed by atoms with E-state index < -0.39 is 0 Å². The molecule has 0 aromatic rings. The highest BCUT2D eigenvalue weighted by atomic mass is 16.1. The van der Waals surface area contributed by atoms with Crippen LogP contribution in [0.5, 0.6) is 0 Å². The lowest BCUT2D eigenvalue weighted by Gasteiger charge is -2.10. The van der Waals surface area contributed by atoms with Crippen LogP contribution in [0, 0.1) is 17.8 Å². The van der Waals surface area contributed by atoms with Crippen LogP contribution >= 0.6 is 0 Å². The monoisotopic (exact) mass is 195 g/mol. The Bertz CT molecular complexity index is 214. The van der Waals surface area contributed by atoms with Gasteiger partial charge in [-0.05, 0) is 40.2 Å². The second-order valence-corrected chi connectivity index (χ2v) is 3.63. The van der Waals surface area contributed by atoms with Gasteiger partial charge in [0.2, 0.25) is 0 Å². The minimum Gasteiger partial charge on any atom is -0.311 e. The summed E-state index contributed by atoms with van der Waals surface area (Å²) in [7, 11) is 1.86. The summed E-state index contributed by atoms with van der Waals surface area (Å²) in [5.74, 6) is 6.47. The first kappa shape index (κ1) is 13.2. The van der Waals surface area contributed by atoms with Gasteiger partial charge in [-0.1, -0.05) is 12.8 Å². The number of nitrogens with one attached hydrogen (secondary N) is 1. The van der Waals surface area contributed by atoms with Gasteiger partial charge in [0.1, 0.15) is 5.78 Å². The summed E-state index contributed by atoms with van der Waals surface area (Å²) in [6.07, 6.45) is 3.70. The largest absolute Gasteiger partial charge is 0.311 e. The van der Waals surface area contributed by atoms with Crippen molar-refractivity contribution >= 4 is 5.78 Å². The average Bonchev–Trinajstić information content (AvgIpc) is 2.97. The smallest absolute Gasteiger partial charge is 0.146 e. The van der Waals surface area contributed by atoms with Gasteiger partial charge in [0.05, 0.1) is 6.04 Å². The van der Waals surface area contributed by atoms with E-state index in [-0.39, 0.29) is 11.8 Å². The molecule has 2 nitrogen and oxygen atoms in total. The van der Waals surface area contributed by atoms with Crippen molar-refractivity contribution in [3.63, 3.8) is 0 Å². The van der Waals surface area contributed by atoms with Gasteiger partial charge < -0.3 is 5.32 Å². The molecule has 1 saturated carbocycles. The normalized spacial score (nSPS) is 15.7. The lowest BCUT2D eigenvalue weighted by Crippen LogP contribution is -2.32. The van der Waals surface area contributed by atoms with Crippen LogP contribution in [0.15, 0.2) is 0 Å². The number of hydrogen-bond donors (Lipinski definition) is 1. The Labute approximate surface area is 87.5 Å². The van der Waals surface area contributed by atoms with Crippen molar-refractivity contribution in [3.8, 4) is 11.8 Å². The van der Waals surface area contributed by atoms with Gasteiger partial charge in [-0.25, -0.2) is 0 Å². The molecule has 80 valence electrons. The molecule has 1 atom stereocenters. The predicted octanol–water partition coefficient (Wildman–Crippen LogP) is 1.99. The van der Waals surface area contributed by atoms with E-state index in [2.05, 4.69) is 17.2 Å². The van der Waals surface area contributed by atoms with Crippen LogP contribution in [0.4, 0.5) is 0 Å². The zero-order chi connectivity index (χ0) is 11.0. The van der Waals surface area contributed by atoms with Crippen molar-refractivity contribution in [3.05, 3.63) is 0 Å². The van der Waals surface area contributed by atoms with E-state index >= 15 is 0 Å². The molecule has 0 saturated heterocycles. The summed E-state index contributed by atoms with van der Waals surface area (Å²) in [5, 5.41) is 3.02. The highest BCUT2D eigenvalue weighted by Crippen LogP contribution is 2.33. The van der Waals surface area contributed by atoms with Crippen LogP contribution in [0.2, 0.25) is 0 Å². The van der Waals surface area contributed by atoms with Crippen LogP contribution in [0.25, 0.3) is 0 Å². The van der Waals surface area contributed by atoms with Gasteiger partial charge in [-0.15, -0.1) is 11.8 Å². The Kier molecular flexibility index (Phi) is 7.14. The van der Waals surface area contributed by atoms with Crippen LogP contribution in [0.1, 0.15) is 40.0 Å². The first-order valence-electron chi connectivity index (χ1n) is 5.16. The highest BCUT2D eigenvalue weighted by Gasteiger charge is 2.26. The van der Waals surface area contributed by atoms with Gasteiger partial charge >= 0.3 is 0 Å². The Morgan fingerprint density at radius 3 is 2.14 bits per heavy atom. The van der Waals surface area contributed by atoms with E-state index in [9.17, 15) is 4.79 Å². The molecule has 1 fully saturated rings. The standard InChI is InChI=1S/C8H15NO.C4H6/c1-6(10)8(9-2)5-7-3-4-7;1-3-4-2/h7-9H,3-5H2,1-2H3;1-2H3. The Balaban J connectivity index is 0.000000364. The number of carbonyl (C=O) groups is 1. The lowest BCUT2D eigenvalue weighted by atomic mass is 10.1. The summed E-state index contributed by atoms with van der Waals surface area (Å²) in [6.45, 7) is 5.30. The fourth-order valence-electron chi connectivity index (χ4n) is 1.17. The van der Waals surface area contributed by atoms with Crippen molar-refractivity contribution in [1.29, 1.82) is 0 Å². The molecular weight excluding hydrogens is 174 g/mol. The Morgan fingerprint density at radius 2 is 1.93 bits per heavy atom. The molecule has 2 heteroatoms. The molecule has 0 bridgehead atoms. The van der Waals surface area contributed by atoms with Crippen LogP contribution in [0.3, 0.4) is 0 Å². The van der Waals surface area contributed by atoms with E-state index in [1.54, 1.807) is 6.92 Å². The van der Waals surface area contributed by atoms with E-state index in [0.29, 0.717) is 0 Å². The zero-order valence-corrected chi connectivity index (χ0v) is 9.68. The van der Waals surface area contributed by atoms with Gasteiger partial charge in [0.25, 0.3) is 0 Å². The van der Waals surface area contributed by atoms with Gasteiger partial charge in [0, 0.05) is 0 Å². The first-order chi connectivity index (χ1) is 6.65. The third-order valence-corrected chi connectivity index (χ3v) is 2.36. The quantitative estimate of drug-likeness (QED) is 0.695. The van der Waals surface area contributed by atoms with Gasteiger partial charge in [-0.2, -0.15) is 0 Å². The molecule has 0 radical (unpaired) electrons. The van der Waals surface area contributed by atoms with Crippen molar-refractivity contribution in [1.82, 2.24) is 5.32 Å². The van der Waals surface area contributed by atoms with Crippen LogP contribution < -0.4 is 5.32 Å². The second-order valence-electron chi connectivity index (χ2n) is 3.63. The average molecular weight is 195 g/mol. The molecule has 1 aliphatic rings. The number of ketones is 1. The summed E-state index contributed by atoms with van der Waals surface area (Å²) < 4.78 is 0. The molecule has 0 heterocycles. The summed E-state index contributed by atoms with van der Waals surface area (Å²) in [4.78, 5) is 10.9. The van der Waals surface area contributed by atoms with Crippen molar-refractivity contribution < 1.29 is 4.79 Å². The van der Waals surface area contributed by atoms with Gasteiger partial charge in [0.15, 0.2) is 0 Å². The van der Waals surface area contributed by atoms with Crippen LogP contribution in [-0.2, 0) is 4.79 Å². The van der Waals surface area contributed by atoms with Crippen molar-refractivity contribution in [2.45, 2.75) is 46.1 Å². The number of carbonyl (C=O) groups excluding carboxylic acids is 1. The summed E-state index contributed by atoms with van der Waals surface area (Å²) in [5.41, 5.74) is 0. The summed E-state index contributed by atoms with van der Waals surface area (Å²) in [6, 6.07) is 0.118. The maximum absolute atomic E-state index is 10.9.